The van der Waals surface area contributed by atoms with Crippen LogP contribution in [0.25, 0.3) is 6.08 Å². The highest BCUT2D eigenvalue weighted by Gasteiger charge is 2.23. The fourth-order valence-electron chi connectivity index (χ4n) is 3.59. The summed E-state index contributed by atoms with van der Waals surface area (Å²) < 4.78 is 0. The molecule has 2 amide bonds. The van der Waals surface area contributed by atoms with Gasteiger partial charge in [0.15, 0.2) is 0 Å². The first-order chi connectivity index (χ1) is 13.5. The monoisotopic (exact) mass is 396 g/mol. The summed E-state index contributed by atoms with van der Waals surface area (Å²) in [6, 6.07) is 8.16. The van der Waals surface area contributed by atoms with Crippen LogP contribution in [0.3, 0.4) is 0 Å². The number of nitrogens with one attached hydrogen (secondary N) is 1. The van der Waals surface area contributed by atoms with E-state index in [1.165, 1.54) is 40.7 Å². The first-order valence-corrected chi connectivity index (χ1v) is 10.8. The number of rotatable bonds is 5. The molecule has 0 atom stereocenters. The number of primary amides is 1. The molecule has 1 aliphatic rings. The van der Waals surface area contributed by atoms with Gasteiger partial charge in [-0.05, 0) is 54.4 Å². The lowest BCUT2D eigenvalue weighted by Gasteiger charge is -2.10. The standard InChI is InChI=1S/C23H28N2O2S/c1-15(2)17-12-9-16(10-13-17)11-14-20(26)25-23-21(22(24)27)18-7-5-3-4-6-8-19(18)28-23/h9-15H,3-8H2,1-2H3,(H2,24,27)(H,25,26)/b14-11+. The van der Waals surface area contributed by atoms with Gasteiger partial charge in [0.2, 0.25) is 5.91 Å². The van der Waals surface area contributed by atoms with Gasteiger partial charge < -0.3 is 11.1 Å². The SMILES string of the molecule is CC(C)c1ccc(/C=C/C(=O)Nc2sc3c(c2C(N)=O)CCCCCC3)cc1. The molecule has 3 rings (SSSR count). The van der Waals surface area contributed by atoms with E-state index in [2.05, 4.69) is 31.3 Å². The fraction of sp³-hybridized carbons (Fsp3) is 0.391. The van der Waals surface area contributed by atoms with Crippen LogP contribution in [0.2, 0.25) is 0 Å². The first kappa shape index (κ1) is 20.3. The van der Waals surface area contributed by atoms with Crippen LogP contribution in [0.5, 0.6) is 0 Å². The van der Waals surface area contributed by atoms with Crippen LogP contribution in [0.1, 0.15) is 77.4 Å². The molecule has 4 nitrogen and oxygen atoms in total. The van der Waals surface area contributed by atoms with Gasteiger partial charge in [0.1, 0.15) is 5.00 Å². The smallest absolute Gasteiger partial charge is 0.251 e. The van der Waals surface area contributed by atoms with Crippen molar-refractivity contribution in [2.24, 2.45) is 5.73 Å². The molecular formula is C23H28N2O2S. The highest BCUT2D eigenvalue weighted by Crippen LogP contribution is 2.36. The summed E-state index contributed by atoms with van der Waals surface area (Å²) in [5.41, 5.74) is 9.43. The van der Waals surface area contributed by atoms with E-state index in [0.29, 0.717) is 16.5 Å². The van der Waals surface area contributed by atoms with E-state index in [9.17, 15) is 9.59 Å². The zero-order valence-corrected chi connectivity index (χ0v) is 17.4. The second-order valence-corrected chi connectivity index (χ2v) is 8.74. The number of hydrogen-bond donors (Lipinski definition) is 2. The van der Waals surface area contributed by atoms with Crippen LogP contribution in [0.4, 0.5) is 5.00 Å². The van der Waals surface area contributed by atoms with E-state index in [1.54, 1.807) is 6.08 Å². The molecule has 0 saturated carbocycles. The number of thiophene rings is 1. The van der Waals surface area contributed by atoms with Gasteiger partial charge in [0.05, 0.1) is 5.56 Å². The minimum Gasteiger partial charge on any atom is -0.365 e. The van der Waals surface area contributed by atoms with Gasteiger partial charge in [-0.1, -0.05) is 51.0 Å². The van der Waals surface area contributed by atoms with Gasteiger partial charge in [-0.15, -0.1) is 11.3 Å². The number of hydrogen-bond acceptors (Lipinski definition) is 3. The van der Waals surface area contributed by atoms with E-state index >= 15 is 0 Å². The lowest BCUT2D eigenvalue weighted by molar-refractivity contribution is -0.111. The zero-order valence-electron chi connectivity index (χ0n) is 16.6. The van der Waals surface area contributed by atoms with Crippen molar-refractivity contribution in [1.29, 1.82) is 0 Å². The highest BCUT2D eigenvalue weighted by molar-refractivity contribution is 7.17. The Morgan fingerprint density at radius 3 is 2.39 bits per heavy atom. The van der Waals surface area contributed by atoms with Crippen molar-refractivity contribution in [3.05, 3.63) is 57.5 Å². The molecule has 0 bridgehead atoms. The highest BCUT2D eigenvalue weighted by atomic mass is 32.1. The van der Waals surface area contributed by atoms with Crippen LogP contribution < -0.4 is 11.1 Å². The average Bonchev–Trinajstić information content (AvgIpc) is 2.96. The Labute approximate surface area is 170 Å². The number of anilines is 1. The maximum Gasteiger partial charge on any atom is 0.251 e. The first-order valence-electron chi connectivity index (χ1n) is 9.99. The molecule has 0 spiro atoms. The van der Waals surface area contributed by atoms with Gasteiger partial charge in [-0.2, -0.15) is 0 Å². The summed E-state index contributed by atoms with van der Waals surface area (Å²) in [7, 11) is 0. The maximum atomic E-state index is 12.4. The average molecular weight is 397 g/mol. The van der Waals surface area contributed by atoms with Crippen LogP contribution >= 0.6 is 11.3 Å². The van der Waals surface area contributed by atoms with Crippen molar-refractivity contribution in [2.75, 3.05) is 5.32 Å². The normalized spacial score (nSPS) is 14.5. The number of amides is 2. The molecular weight excluding hydrogens is 368 g/mol. The second kappa shape index (κ2) is 9.20. The third kappa shape index (κ3) is 4.90. The molecule has 0 fully saturated rings. The van der Waals surface area contributed by atoms with Crippen molar-refractivity contribution in [3.8, 4) is 0 Å². The van der Waals surface area contributed by atoms with Crippen molar-refractivity contribution in [3.63, 3.8) is 0 Å². The molecule has 1 aromatic carbocycles. The largest absolute Gasteiger partial charge is 0.365 e. The van der Waals surface area contributed by atoms with Gasteiger partial charge in [0.25, 0.3) is 5.91 Å². The Bertz CT molecular complexity index is 879. The van der Waals surface area contributed by atoms with Gasteiger partial charge in [0, 0.05) is 11.0 Å². The van der Waals surface area contributed by atoms with Gasteiger partial charge >= 0.3 is 0 Å². The predicted molar refractivity (Wildman–Crippen MR) is 117 cm³/mol. The topological polar surface area (TPSA) is 72.2 Å². The predicted octanol–water partition coefficient (Wildman–Crippen LogP) is 5.28. The Hall–Kier alpha value is -2.40. The van der Waals surface area contributed by atoms with E-state index < -0.39 is 5.91 Å². The maximum absolute atomic E-state index is 12.4. The van der Waals surface area contributed by atoms with Crippen LogP contribution in [-0.4, -0.2) is 11.8 Å². The third-order valence-corrected chi connectivity index (χ3v) is 6.39. The number of benzene rings is 1. The number of nitrogens with two attached hydrogens (primary N) is 1. The number of aryl methyl sites for hydroxylation is 1. The minimum atomic E-state index is -0.457. The zero-order chi connectivity index (χ0) is 20.1. The van der Waals surface area contributed by atoms with E-state index in [4.69, 9.17) is 5.73 Å². The van der Waals surface area contributed by atoms with E-state index in [1.807, 2.05) is 12.1 Å². The molecule has 0 saturated heterocycles. The molecule has 0 unspecified atom stereocenters. The molecule has 3 N–H and O–H groups in total. The Morgan fingerprint density at radius 2 is 1.75 bits per heavy atom. The third-order valence-electron chi connectivity index (χ3n) is 5.18. The van der Waals surface area contributed by atoms with Crippen molar-refractivity contribution in [2.45, 2.75) is 58.3 Å². The van der Waals surface area contributed by atoms with Crippen LogP contribution in [0.15, 0.2) is 30.3 Å². The summed E-state index contributed by atoms with van der Waals surface area (Å²) in [5.74, 6) is -0.224. The molecule has 0 aliphatic heterocycles. The molecule has 0 radical (unpaired) electrons. The summed E-state index contributed by atoms with van der Waals surface area (Å²) >= 11 is 1.50. The molecule has 1 aliphatic carbocycles. The molecule has 2 aromatic rings. The summed E-state index contributed by atoms with van der Waals surface area (Å²) in [6.07, 6.45) is 9.66. The fourth-order valence-corrected chi connectivity index (χ4v) is 4.88. The number of fused-ring (bicyclic) bond motifs is 1. The second-order valence-electron chi connectivity index (χ2n) is 7.63. The van der Waals surface area contributed by atoms with Gasteiger partial charge in [-0.3, -0.25) is 9.59 Å². The molecule has 28 heavy (non-hydrogen) atoms. The Morgan fingerprint density at radius 1 is 1.07 bits per heavy atom. The van der Waals surface area contributed by atoms with Crippen LogP contribution in [-0.2, 0) is 17.6 Å². The lowest BCUT2D eigenvalue weighted by atomic mass is 9.96. The van der Waals surface area contributed by atoms with E-state index in [0.717, 1.165) is 36.8 Å². The van der Waals surface area contributed by atoms with Gasteiger partial charge in [-0.25, -0.2) is 0 Å². The Balaban J connectivity index is 1.76. The van der Waals surface area contributed by atoms with Crippen LogP contribution in [0, 0.1) is 0 Å². The van der Waals surface area contributed by atoms with Crippen molar-refractivity contribution in [1.82, 2.24) is 0 Å². The van der Waals surface area contributed by atoms with E-state index in [-0.39, 0.29) is 5.91 Å². The number of carbonyl (C=O) groups is 2. The molecule has 1 aromatic heterocycles. The summed E-state index contributed by atoms with van der Waals surface area (Å²) in [6.45, 7) is 4.30. The van der Waals surface area contributed by atoms with Crippen molar-refractivity contribution < 1.29 is 9.59 Å². The minimum absolute atomic E-state index is 0.246. The molecule has 5 heteroatoms. The molecule has 148 valence electrons. The summed E-state index contributed by atoms with van der Waals surface area (Å²) in [4.78, 5) is 25.7. The quantitative estimate of drug-likeness (QED) is 0.675. The Kier molecular flexibility index (Phi) is 6.68. The summed E-state index contributed by atoms with van der Waals surface area (Å²) in [5, 5.41) is 3.47. The molecule has 1 heterocycles. The number of carbonyl (C=O) groups excluding carboxylic acids is 2. The van der Waals surface area contributed by atoms with Crippen molar-refractivity contribution >= 4 is 34.2 Å². The lowest BCUT2D eigenvalue weighted by Crippen LogP contribution is -2.17.